The van der Waals surface area contributed by atoms with Gasteiger partial charge < -0.3 is 9.47 Å². The summed E-state index contributed by atoms with van der Waals surface area (Å²) < 4.78 is 10.5. The summed E-state index contributed by atoms with van der Waals surface area (Å²) in [5.74, 6) is -0.107. The smallest absolute Gasteiger partial charge is 0.341 e. The lowest BCUT2D eigenvalue weighted by Crippen LogP contribution is -2.13. The van der Waals surface area contributed by atoms with Crippen LogP contribution in [0, 0.1) is 11.3 Å². The number of benzene rings is 2. The zero-order valence-corrected chi connectivity index (χ0v) is 14.0. The number of hydrogen-bond acceptors (Lipinski definition) is 4. The Morgan fingerprint density at radius 1 is 1.00 bits per heavy atom. The first kappa shape index (κ1) is 17.4. The van der Waals surface area contributed by atoms with Crippen LogP contribution in [0.2, 0.25) is 15.1 Å². The molecule has 2 rings (SSSR count). The Kier molecular flexibility index (Phi) is 6.12. The molecular formula is C16H10Cl3NO3. The number of carbonyl (C=O) groups is 1. The van der Waals surface area contributed by atoms with Gasteiger partial charge in [-0.3, -0.25) is 0 Å². The number of esters is 1. The van der Waals surface area contributed by atoms with E-state index in [2.05, 4.69) is 0 Å². The van der Waals surface area contributed by atoms with E-state index in [1.165, 1.54) is 12.1 Å². The van der Waals surface area contributed by atoms with Gasteiger partial charge in [0.25, 0.3) is 0 Å². The molecule has 0 saturated heterocycles. The first-order valence-electron chi connectivity index (χ1n) is 6.46. The molecule has 0 heterocycles. The average Bonchev–Trinajstić information content (AvgIpc) is 2.56. The van der Waals surface area contributed by atoms with Gasteiger partial charge in [0.05, 0.1) is 32.3 Å². The summed E-state index contributed by atoms with van der Waals surface area (Å²) in [7, 11) is 0. The van der Waals surface area contributed by atoms with E-state index in [0.29, 0.717) is 11.3 Å². The van der Waals surface area contributed by atoms with E-state index < -0.39 is 5.97 Å². The van der Waals surface area contributed by atoms with Crippen LogP contribution in [0.1, 0.15) is 15.9 Å². The Morgan fingerprint density at radius 3 is 2.30 bits per heavy atom. The van der Waals surface area contributed by atoms with E-state index >= 15 is 0 Å². The highest BCUT2D eigenvalue weighted by atomic mass is 35.5. The van der Waals surface area contributed by atoms with Crippen molar-refractivity contribution in [2.24, 2.45) is 0 Å². The maximum absolute atomic E-state index is 12.0. The molecule has 0 amide bonds. The molecule has 0 aliphatic carbocycles. The van der Waals surface area contributed by atoms with Crippen molar-refractivity contribution in [3.8, 4) is 11.8 Å². The Bertz CT molecular complexity index is 754. The quantitative estimate of drug-likeness (QED) is 0.433. The van der Waals surface area contributed by atoms with Crippen LogP contribution in [-0.2, 0) is 4.74 Å². The molecule has 4 nitrogen and oxygen atoms in total. The number of nitrogens with zero attached hydrogens (tertiary/aromatic N) is 1. The van der Waals surface area contributed by atoms with E-state index in [0.717, 1.165) is 0 Å². The molecule has 0 unspecified atom stereocenters. The summed E-state index contributed by atoms with van der Waals surface area (Å²) >= 11 is 17.7. The molecular weight excluding hydrogens is 361 g/mol. The van der Waals surface area contributed by atoms with Crippen molar-refractivity contribution < 1.29 is 14.3 Å². The Hall–Kier alpha value is -1.93. The van der Waals surface area contributed by atoms with Crippen molar-refractivity contribution in [1.29, 1.82) is 5.26 Å². The van der Waals surface area contributed by atoms with Crippen molar-refractivity contribution >= 4 is 40.8 Å². The van der Waals surface area contributed by atoms with Crippen molar-refractivity contribution in [1.82, 2.24) is 0 Å². The lowest BCUT2D eigenvalue weighted by Gasteiger charge is -2.10. The summed E-state index contributed by atoms with van der Waals surface area (Å²) in [6.45, 7) is 0.158. The lowest BCUT2D eigenvalue weighted by atomic mass is 10.2. The van der Waals surface area contributed by atoms with Crippen LogP contribution >= 0.6 is 34.8 Å². The molecule has 0 saturated carbocycles. The average molecular weight is 371 g/mol. The second kappa shape index (κ2) is 8.07. The number of rotatable bonds is 5. The summed E-state index contributed by atoms with van der Waals surface area (Å²) in [6, 6.07) is 11.6. The molecule has 0 fully saturated rings. The van der Waals surface area contributed by atoms with Crippen LogP contribution in [0.4, 0.5) is 0 Å². The van der Waals surface area contributed by atoms with E-state index in [9.17, 15) is 4.79 Å². The van der Waals surface area contributed by atoms with Crippen molar-refractivity contribution in [2.75, 3.05) is 13.2 Å². The highest BCUT2D eigenvalue weighted by Gasteiger charge is 2.18. The fourth-order valence-corrected chi connectivity index (χ4v) is 2.39. The molecule has 0 spiro atoms. The standard InChI is InChI=1S/C16H10Cl3NO3/c17-12-5-6-13(18)15(19)14(12)16(21)23-8-7-22-11-3-1-10(9-20)2-4-11/h1-6H,7-8H2. The van der Waals surface area contributed by atoms with Gasteiger partial charge in [0.15, 0.2) is 0 Å². The SMILES string of the molecule is N#Cc1ccc(OCCOC(=O)c2c(Cl)ccc(Cl)c2Cl)cc1. The van der Waals surface area contributed by atoms with Crippen LogP contribution in [0.15, 0.2) is 36.4 Å². The summed E-state index contributed by atoms with van der Waals surface area (Å²) in [4.78, 5) is 12.0. The van der Waals surface area contributed by atoms with E-state index in [4.69, 9.17) is 49.5 Å². The maximum atomic E-state index is 12.0. The van der Waals surface area contributed by atoms with Gasteiger partial charge in [0.2, 0.25) is 0 Å². The van der Waals surface area contributed by atoms with E-state index in [1.807, 2.05) is 6.07 Å². The maximum Gasteiger partial charge on any atom is 0.341 e. The molecule has 0 aliphatic heterocycles. The fraction of sp³-hybridized carbons (Fsp3) is 0.125. The fourth-order valence-electron chi connectivity index (χ4n) is 1.71. The van der Waals surface area contributed by atoms with E-state index in [1.54, 1.807) is 24.3 Å². The highest BCUT2D eigenvalue weighted by Crippen LogP contribution is 2.31. The molecule has 118 valence electrons. The third kappa shape index (κ3) is 4.52. The lowest BCUT2D eigenvalue weighted by molar-refractivity contribution is 0.0451. The second-order valence-electron chi connectivity index (χ2n) is 4.34. The monoisotopic (exact) mass is 369 g/mol. The predicted octanol–water partition coefficient (Wildman–Crippen LogP) is 4.75. The number of hydrogen-bond donors (Lipinski definition) is 0. The summed E-state index contributed by atoms with van der Waals surface area (Å²) in [5, 5.41) is 9.13. The molecule has 2 aromatic carbocycles. The number of ether oxygens (including phenoxy) is 2. The minimum atomic E-state index is -0.675. The van der Waals surface area contributed by atoms with Crippen LogP contribution < -0.4 is 4.74 Å². The topological polar surface area (TPSA) is 59.3 Å². The molecule has 23 heavy (non-hydrogen) atoms. The first-order chi connectivity index (χ1) is 11.0. The van der Waals surface area contributed by atoms with Gasteiger partial charge in [-0.2, -0.15) is 5.26 Å². The van der Waals surface area contributed by atoms with Crippen LogP contribution in [0.3, 0.4) is 0 Å². The zero-order chi connectivity index (χ0) is 16.8. The summed E-state index contributed by atoms with van der Waals surface area (Å²) in [5.41, 5.74) is 0.563. The molecule has 0 bridgehead atoms. The van der Waals surface area contributed by atoms with Crippen LogP contribution in [0.25, 0.3) is 0 Å². The Balaban J connectivity index is 1.88. The molecule has 0 atom stereocenters. The Labute approximate surface area is 148 Å². The molecule has 0 radical (unpaired) electrons. The Morgan fingerprint density at radius 2 is 1.65 bits per heavy atom. The molecule has 0 aromatic heterocycles. The van der Waals surface area contributed by atoms with Crippen molar-refractivity contribution in [2.45, 2.75) is 0 Å². The van der Waals surface area contributed by atoms with Gasteiger partial charge in [0, 0.05) is 0 Å². The molecule has 2 aromatic rings. The van der Waals surface area contributed by atoms with Gasteiger partial charge in [-0.25, -0.2) is 4.79 Å². The van der Waals surface area contributed by atoms with Gasteiger partial charge >= 0.3 is 5.97 Å². The van der Waals surface area contributed by atoms with Gasteiger partial charge in [0.1, 0.15) is 19.0 Å². The normalized spacial score (nSPS) is 10.0. The number of nitriles is 1. The van der Waals surface area contributed by atoms with Crippen molar-refractivity contribution in [3.63, 3.8) is 0 Å². The third-order valence-electron chi connectivity index (χ3n) is 2.82. The zero-order valence-electron chi connectivity index (χ0n) is 11.7. The van der Waals surface area contributed by atoms with Gasteiger partial charge in [-0.15, -0.1) is 0 Å². The van der Waals surface area contributed by atoms with Gasteiger partial charge in [-0.1, -0.05) is 34.8 Å². The van der Waals surface area contributed by atoms with Gasteiger partial charge in [-0.05, 0) is 36.4 Å². The third-order valence-corrected chi connectivity index (χ3v) is 3.94. The van der Waals surface area contributed by atoms with Crippen molar-refractivity contribution in [3.05, 3.63) is 62.6 Å². The van der Waals surface area contributed by atoms with Crippen LogP contribution in [-0.4, -0.2) is 19.2 Å². The second-order valence-corrected chi connectivity index (χ2v) is 5.53. The summed E-state index contributed by atoms with van der Waals surface area (Å²) in [6.07, 6.45) is 0. The highest BCUT2D eigenvalue weighted by molar-refractivity contribution is 6.46. The largest absolute Gasteiger partial charge is 0.490 e. The number of carbonyl (C=O) groups excluding carboxylic acids is 1. The minimum absolute atomic E-state index is 0.0119. The minimum Gasteiger partial charge on any atom is -0.490 e. The first-order valence-corrected chi connectivity index (χ1v) is 7.60. The molecule has 7 heteroatoms. The molecule has 0 N–H and O–H groups in total. The van der Waals surface area contributed by atoms with E-state index in [-0.39, 0.29) is 33.8 Å². The molecule has 0 aliphatic rings. The van der Waals surface area contributed by atoms with Crippen LogP contribution in [0.5, 0.6) is 5.75 Å². The number of halogens is 3. The predicted molar refractivity (Wildman–Crippen MR) is 88.4 cm³/mol.